The summed E-state index contributed by atoms with van der Waals surface area (Å²) in [6, 6.07) is 5.39. The number of nitrogens with zero attached hydrogens (tertiary/aromatic N) is 3. The molecule has 3 heterocycles. The molecule has 0 radical (unpaired) electrons. The van der Waals surface area contributed by atoms with Gasteiger partial charge in [-0.3, -0.25) is 19.3 Å². The number of benzene rings is 1. The van der Waals surface area contributed by atoms with Gasteiger partial charge >= 0.3 is 0 Å². The zero-order valence-electron chi connectivity index (χ0n) is 15.7. The van der Waals surface area contributed by atoms with E-state index in [0.717, 1.165) is 57.4 Å². The van der Waals surface area contributed by atoms with Gasteiger partial charge in [-0.2, -0.15) is 0 Å². The Labute approximate surface area is 159 Å². The second-order valence-corrected chi connectivity index (χ2v) is 7.51. The van der Waals surface area contributed by atoms with E-state index in [9.17, 15) is 14.4 Å². The van der Waals surface area contributed by atoms with Crippen LogP contribution in [0.3, 0.4) is 0 Å². The van der Waals surface area contributed by atoms with Crippen LogP contribution in [0, 0.1) is 0 Å². The second kappa shape index (κ2) is 7.21. The van der Waals surface area contributed by atoms with Crippen LogP contribution in [0.2, 0.25) is 0 Å². The number of amides is 3. The Hall–Kier alpha value is -2.57. The number of likely N-dealkylation sites (tertiary alicyclic amines) is 1. The molecule has 4 rings (SSSR count). The normalized spacial score (nSPS) is 21.7. The number of carbonyl (C=O) groups is 3. The molecule has 3 amide bonds. The predicted molar refractivity (Wildman–Crippen MR) is 103 cm³/mol. The summed E-state index contributed by atoms with van der Waals surface area (Å²) in [6.07, 6.45) is 4.94. The highest BCUT2D eigenvalue weighted by atomic mass is 16.2. The number of hydrogen-bond donors (Lipinski definition) is 1. The Bertz CT molecular complexity index is 772. The second-order valence-electron chi connectivity index (χ2n) is 7.51. The van der Waals surface area contributed by atoms with E-state index in [1.807, 2.05) is 17.0 Å². The molecule has 144 valence electrons. The van der Waals surface area contributed by atoms with Crippen molar-refractivity contribution in [2.24, 2.45) is 0 Å². The fraction of sp³-hybridized carbons (Fsp3) is 0.550. The third-order valence-electron chi connectivity index (χ3n) is 5.85. The number of piperidine rings is 1. The van der Waals surface area contributed by atoms with Crippen LogP contribution < -0.4 is 15.1 Å². The summed E-state index contributed by atoms with van der Waals surface area (Å²) in [6.45, 7) is 2.38. The van der Waals surface area contributed by atoms with Gasteiger partial charge in [0.25, 0.3) is 5.91 Å². The fourth-order valence-electron chi connectivity index (χ4n) is 4.38. The van der Waals surface area contributed by atoms with Gasteiger partial charge in [-0.15, -0.1) is 0 Å². The topological polar surface area (TPSA) is 73.0 Å². The molecule has 0 saturated carbocycles. The Balaban J connectivity index is 1.73. The lowest BCUT2D eigenvalue weighted by atomic mass is 9.95. The molecule has 0 spiro atoms. The molecule has 27 heavy (non-hydrogen) atoms. The van der Waals surface area contributed by atoms with E-state index >= 15 is 0 Å². The van der Waals surface area contributed by atoms with Crippen LogP contribution in [0.4, 0.5) is 11.4 Å². The lowest BCUT2D eigenvalue weighted by Crippen LogP contribution is -2.57. The van der Waals surface area contributed by atoms with Crippen molar-refractivity contribution in [3.05, 3.63) is 23.8 Å². The van der Waals surface area contributed by atoms with Crippen molar-refractivity contribution in [3.63, 3.8) is 0 Å². The maximum absolute atomic E-state index is 13.1. The molecular formula is C20H26N4O3. The van der Waals surface area contributed by atoms with Gasteiger partial charge in [-0.25, -0.2) is 0 Å². The van der Waals surface area contributed by atoms with Gasteiger partial charge in [0.2, 0.25) is 11.8 Å². The number of fused-ring (bicyclic) bond motifs is 3. The maximum Gasteiger partial charge on any atom is 0.253 e. The third kappa shape index (κ3) is 3.15. The minimum Gasteiger partial charge on any atom is -0.358 e. The number of rotatable bonds is 3. The van der Waals surface area contributed by atoms with Crippen LogP contribution in [0.5, 0.6) is 0 Å². The van der Waals surface area contributed by atoms with Gasteiger partial charge in [-0.1, -0.05) is 0 Å². The molecular weight excluding hydrogens is 344 g/mol. The predicted octanol–water partition coefficient (Wildman–Crippen LogP) is 1.37. The molecule has 1 atom stereocenters. The first kappa shape index (κ1) is 17.8. The van der Waals surface area contributed by atoms with Crippen molar-refractivity contribution in [2.45, 2.75) is 38.1 Å². The molecule has 0 bridgehead atoms. The van der Waals surface area contributed by atoms with Crippen molar-refractivity contribution < 1.29 is 14.4 Å². The van der Waals surface area contributed by atoms with Crippen LogP contribution in [0.1, 0.15) is 42.5 Å². The minimum atomic E-state index is -0.213. The maximum atomic E-state index is 13.1. The number of anilines is 2. The number of nitrogens with one attached hydrogen (secondary N) is 1. The molecule has 0 aromatic heterocycles. The van der Waals surface area contributed by atoms with Crippen LogP contribution >= 0.6 is 0 Å². The molecule has 0 aliphatic carbocycles. The van der Waals surface area contributed by atoms with Crippen molar-refractivity contribution in [1.82, 2.24) is 10.2 Å². The molecule has 1 aromatic carbocycles. The zero-order chi connectivity index (χ0) is 19.0. The number of carbonyl (C=O) groups excluding carboxylic acids is 3. The van der Waals surface area contributed by atoms with Gasteiger partial charge in [0.1, 0.15) is 12.6 Å². The van der Waals surface area contributed by atoms with Crippen LogP contribution in [-0.4, -0.2) is 61.9 Å². The van der Waals surface area contributed by atoms with Gasteiger partial charge in [-0.05, 0) is 50.3 Å². The van der Waals surface area contributed by atoms with Gasteiger partial charge < -0.3 is 15.1 Å². The summed E-state index contributed by atoms with van der Waals surface area (Å²) in [5.74, 6) is -0.255. The highest BCUT2D eigenvalue weighted by Crippen LogP contribution is 2.40. The van der Waals surface area contributed by atoms with Crippen molar-refractivity contribution >= 4 is 29.1 Å². The average molecular weight is 370 g/mol. The largest absolute Gasteiger partial charge is 0.358 e. The van der Waals surface area contributed by atoms with Crippen molar-refractivity contribution in [3.8, 4) is 0 Å². The number of likely N-dealkylation sites (N-methyl/N-ethyl adjacent to an activating group) is 1. The van der Waals surface area contributed by atoms with Gasteiger partial charge in [0.15, 0.2) is 0 Å². The van der Waals surface area contributed by atoms with Gasteiger partial charge in [0, 0.05) is 32.2 Å². The third-order valence-corrected chi connectivity index (χ3v) is 5.85. The highest BCUT2D eigenvalue weighted by Gasteiger charge is 2.40. The summed E-state index contributed by atoms with van der Waals surface area (Å²) in [7, 11) is 1.57. The first-order valence-electron chi connectivity index (χ1n) is 9.82. The van der Waals surface area contributed by atoms with E-state index < -0.39 is 0 Å². The molecule has 3 aliphatic rings. The summed E-state index contributed by atoms with van der Waals surface area (Å²) < 4.78 is 0. The Morgan fingerprint density at radius 1 is 1.07 bits per heavy atom. The molecule has 1 aromatic rings. The lowest BCUT2D eigenvalue weighted by molar-refractivity contribution is -0.124. The molecule has 2 saturated heterocycles. The Morgan fingerprint density at radius 2 is 1.81 bits per heavy atom. The quantitative estimate of drug-likeness (QED) is 0.872. The fourth-order valence-corrected chi connectivity index (χ4v) is 4.38. The lowest BCUT2D eigenvalue weighted by Gasteiger charge is -2.45. The number of hydrogen-bond acceptors (Lipinski definition) is 4. The smallest absolute Gasteiger partial charge is 0.253 e. The molecule has 7 nitrogen and oxygen atoms in total. The monoisotopic (exact) mass is 370 g/mol. The van der Waals surface area contributed by atoms with Crippen molar-refractivity contribution in [2.75, 3.05) is 43.0 Å². The van der Waals surface area contributed by atoms with E-state index in [1.165, 1.54) is 0 Å². The van der Waals surface area contributed by atoms with E-state index in [0.29, 0.717) is 11.3 Å². The molecule has 3 aliphatic heterocycles. The Kier molecular flexibility index (Phi) is 4.76. The Morgan fingerprint density at radius 3 is 2.56 bits per heavy atom. The summed E-state index contributed by atoms with van der Waals surface area (Å²) in [5, 5.41) is 2.60. The molecule has 7 heteroatoms. The molecule has 2 fully saturated rings. The zero-order valence-corrected chi connectivity index (χ0v) is 15.7. The van der Waals surface area contributed by atoms with Crippen LogP contribution in [-0.2, 0) is 9.59 Å². The first-order chi connectivity index (χ1) is 13.1. The summed E-state index contributed by atoms with van der Waals surface area (Å²) in [5.41, 5.74) is 2.20. The van der Waals surface area contributed by atoms with E-state index in [-0.39, 0.29) is 30.3 Å². The van der Waals surface area contributed by atoms with Gasteiger partial charge in [0.05, 0.1) is 11.4 Å². The summed E-state index contributed by atoms with van der Waals surface area (Å²) >= 11 is 0. The average Bonchev–Trinajstić information content (AvgIpc) is 3.24. The van der Waals surface area contributed by atoms with E-state index in [4.69, 9.17) is 0 Å². The summed E-state index contributed by atoms with van der Waals surface area (Å²) in [4.78, 5) is 43.5. The first-order valence-corrected chi connectivity index (χ1v) is 9.82. The van der Waals surface area contributed by atoms with E-state index in [1.54, 1.807) is 18.0 Å². The highest BCUT2D eigenvalue weighted by molar-refractivity contribution is 6.09. The SMILES string of the molecule is CNC(=O)CN1C(=O)[C@@H]2CCCCN2c2ccc(C(=O)N3CCCC3)cc21. The molecule has 1 N–H and O–H groups in total. The van der Waals surface area contributed by atoms with Crippen molar-refractivity contribution in [1.29, 1.82) is 0 Å². The standard InChI is InChI=1S/C20H26N4O3/c1-21-18(25)13-24-17-12-14(19(26)22-9-4-5-10-22)7-8-15(17)23-11-3-2-6-16(23)20(24)27/h7-8,12,16H,2-6,9-11,13H2,1H3,(H,21,25)/t16-/m0/s1. The van der Waals surface area contributed by atoms with Crippen LogP contribution in [0.25, 0.3) is 0 Å². The van der Waals surface area contributed by atoms with E-state index in [2.05, 4.69) is 10.2 Å². The van der Waals surface area contributed by atoms with Crippen LogP contribution in [0.15, 0.2) is 18.2 Å². The molecule has 0 unspecified atom stereocenters. The minimum absolute atomic E-state index is 0.00316.